The number of alkyl halides is 3. The van der Waals surface area contributed by atoms with Gasteiger partial charge in [0.25, 0.3) is 0 Å². The zero-order chi connectivity index (χ0) is 16.9. The van der Waals surface area contributed by atoms with E-state index >= 15 is 0 Å². The van der Waals surface area contributed by atoms with E-state index < -0.39 is 17.6 Å². The van der Waals surface area contributed by atoms with Crippen molar-refractivity contribution in [3.05, 3.63) is 65.5 Å². The molecule has 1 N–H and O–H groups in total. The maximum atomic E-state index is 13.4. The maximum absolute atomic E-state index is 13.4. The Morgan fingerprint density at radius 3 is 2.52 bits per heavy atom. The molecule has 0 fully saturated rings. The first-order valence-corrected chi connectivity index (χ1v) is 7.65. The van der Waals surface area contributed by atoms with Crippen LogP contribution < -0.4 is 5.32 Å². The van der Waals surface area contributed by atoms with Crippen LogP contribution in [0.4, 0.5) is 17.6 Å². The first-order chi connectivity index (χ1) is 10.9. The van der Waals surface area contributed by atoms with Gasteiger partial charge >= 0.3 is 6.18 Å². The lowest BCUT2D eigenvalue weighted by Gasteiger charge is -2.09. The molecular formula is C16H13F4NOS. The van der Waals surface area contributed by atoms with Gasteiger partial charge in [0.2, 0.25) is 5.91 Å². The van der Waals surface area contributed by atoms with Gasteiger partial charge in [-0.15, -0.1) is 11.8 Å². The van der Waals surface area contributed by atoms with Crippen LogP contribution in [0.5, 0.6) is 0 Å². The topological polar surface area (TPSA) is 29.1 Å². The SMILES string of the molecule is O=C(CSc1cccc(C(F)(F)F)c1)NCc1ccccc1F. The summed E-state index contributed by atoms with van der Waals surface area (Å²) in [6.07, 6.45) is -4.41. The highest BCUT2D eigenvalue weighted by Gasteiger charge is 2.30. The van der Waals surface area contributed by atoms with Crippen LogP contribution in [0.2, 0.25) is 0 Å². The number of hydrogen-bond acceptors (Lipinski definition) is 2. The Morgan fingerprint density at radius 1 is 1.09 bits per heavy atom. The molecule has 2 nitrogen and oxygen atoms in total. The zero-order valence-electron chi connectivity index (χ0n) is 11.9. The predicted octanol–water partition coefficient (Wildman–Crippen LogP) is 4.25. The van der Waals surface area contributed by atoms with Crippen LogP contribution in [0.25, 0.3) is 0 Å². The molecule has 7 heteroatoms. The second kappa shape index (κ2) is 7.50. The Balaban J connectivity index is 1.86. The molecule has 0 unspecified atom stereocenters. The van der Waals surface area contributed by atoms with E-state index in [9.17, 15) is 22.4 Å². The highest BCUT2D eigenvalue weighted by atomic mass is 32.2. The molecule has 0 aliphatic heterocycles. The van der Waals surface area contributed by atoms with Crippen molar-refractivity contribution < 1.29 is 22.4 Å². The lowest BCUT2D eigenvalue weighted by Crippen LogP contribution is -2.25. The molecule has 0 spiro atoms. The summed E-state index contributed by atoms with van der Waals surface area (Å²) in [5, 5.41) is 2.53. The Bertz CT molecular complexity index is 688. The van der Waals surface area contributed by atoms with E-state index in [4.69, 9.17) is 0 Å². The first-order valence-electron chi connectivity index (χ1n) is 6.66. The predicted molar refractivity (Wildman–Crippen MR) is 80.4 cm³/mol. The van der Waals surface area contributed by atoms with Gasteiger partial charge in [0.1, 0.15) is 5.82 Å². The third-order valence-electron chi connectivity index (χ3n) is 2.97. The fraction of sp³-hybridized carbons (Fsp3) is 0.188. The molecule has 2 aromatic rings. The Hall–Kier alpha value is -2.02. The molecular weight excluding hydrogens is 330 g/mol. The second-order valence-corrected chi connectivity index (χ2v) is 5.73. The van der Waals surface area contributed by atoms with Crippen molar-refractivity contribution in [3.63, 3.8) is 0 Å². The smallest absolute Gasteiger partial charge is 0.351 e. The highest BCUT2D eigenvalue weighted by molar-refractivity contribution is 8.00. The van der Waals surface area contributed by atoms with Crippen LogP contribution in [-0.2, 0) is 17.5 Å². The van der Waals surface area contributed by atoms with Crippen molar-refractivity contribution in [1.82, 2.24) is 5.32 Å². The molecule has 0 aliphatic rings. The van der Waals surface area contributed by atoms with Crippen LogP contribution in [0, 0.1) is 5.82 Å². The van der Waals surface area contributed by atoms with E-state index in [0.717, 1.165) is 23.9 Å². The second-order valence-electron chi connectivity index (χ2n) is 4.68. The molecule has 0 bridgehead atoms. The fourth-order valence-corrected chi connectivity index (χ4v) is 2.58. The van der Waals surface area contributed by atoms with Crippen LogP contribution in [-0.4, -0.2) is 11.7 Å². The van der Waals surface area contributed by atoms with Gasteiger partial charge < -0.3 is 5.32 Å². The molecule has 2 rings (SSSR count). The van der Waals surface area contributed by atoms with Gasteiger partial charge in [-0.25, -0.2) is 4.39 Å². The standard InChI is InChI=1S/C16H13F4NOS/c17-14-7-2-1-4-11(14)9-21-15(22)10-23-13-6-3-5-12(8-13)16(18,19)20/h1-8H,9-10H2,(H,21,22). The van der Waals surface area contributed by atoms with Crippen molar-refractivity contribution in [3.8, 4) is 0 Å². The van der Waals surface area contributed by atoms with E-state index in [1.54, 1.807) is 18.2 Å². The third kappa shape index (κ3) is 5.28. The van der Waals surface area contributed by atoms with Gasteiger partial charge in [-0.05, 0) is 24.3 Å². The van der Waals surface area contributed by atoms with Crippen LogP contribution in [0.3, 0.4) is 0 Å². The van der Waals surface area contributed by atoms with Crippen LogP contribution in [0.15, 0.2) is 53.4 Å². The largest absolute Gasteiger partial charge is 0.416 e. The Labute approximate surface area is 134 Å². The summed E-state index contributed by atoms with van der Waals surface area (Å²) in [6, 6.07) is 10.8. The van der Waals surface area contributed by atoms with E-state index in [-0.39, 0.29) is 18.2 Å². The quantitative estimate of drug-likeness (QED) is 0.649. The molecule has 0 saturated carbocycles. The summed E-state index contributed by atoms with van der Waals surface area (Å²) in [5.74, 6) is -0.843. The summed E-state index contributed by atoms with van der Waals surface area (Å²) < 4.78 is 51.2. The van der Waals surface area contributed by atoms with E-state index in [1.807, 2.05) is 0 Å². The molecule has 1 amide bonds. The van der Waals surface area contributed by atoms with Crippen molar-refractivity contribution in [2.45, 2.75) is 17.6 Å². The highest BCUT2D eigenvalue weighted by Crippen LogP contribution is 2.31. The van der Waals surface area contributed by atoms with Gasteiger partial charge in [-0.3, -0.25) is 4.79 Å². The van der Waals surface area contributed by atoms with Gasteiger partial charge in [0.05, 0.1) is 11.3 Å². The average molecular weight is 343 g/mol. The van der Waals surface area contributed by atoms with Crippen molar-refractivity contribution in [2.24, 2.45) is 0 Å². The van der Waals surface area contributed by atoms with Gasteiger partial charge in [0, 0.05) is 17.0 Å². The van der Waals surface area contributed by atoms with Crippen LogP contribution >= 0.6 is 11.8 Å². The summed E-state index contributed by atoms with van der Waals surface area (Å²) in [4.78, 5) is 12.1. The number of carbonyl (C=O) groups excluding carboxylic acids is 1. The minimum Gasteiger partial charge on any atom is -0.351 e. The van der Waals surface area contributed by atoms with Crippen molar-refractivity contribution >= 4 is 17.7 Å². The van der Waals surface area contributed by atoms with Gasteiger partial charge in [-0.1, -0.05) is 24.3 Å². The monoisotopic (exact) mass is 343 g/mol. The number of rotatable bonds is 5. The first kappa shape index (κ1) is 17.3. The summed E-state index contributed by atoms with van der Waals surface area (Å²) in [6.45, 7) is 0.0364. The normalized spacial score (nSPS) is 11.3. The average Bonchev–Trinajstić information content (AvgIpc) is 2.51. The number of carbonyl (C=O) groups is 1. The summed E-state index contributed by atoms with van der Waals surface area (Å²) in [5.41, 5.74) is -0.404. The number of amides is 1. The lowest BCUT2D eigenvalue weighted by atomic mass is 10.2. The summed E-state index contributed by atoms with van der Waals surface area (Å²) >= 11 is 0.992. The van der Waals surface area contributed by atoms with Crippen LogP contribution in [0.1, 0.15) is 11.1 Å². The third-order valence-corrected chi connectivity index (χ3v) is 3.96. The maximum Gasteiger partial charge on any atom is 0.416 e. The minimum absolute atomic E-state index is 0.0364. The van der Waals surface area contributed by atoms with Gasteiger partial charge in [0.15, 0.2) is 0 Å². The number of benzene rings is 2. The molecule has 2 aromatic carbocycles. The number of thioether (sulfide) groups is 1. The molecule has 122 valence electrons. The Morgan fingerprint density at radius 2 is 1.83 bits per heavy atom. The van der Waals surface area contributed by atoms with E-state index in [1.165, 1.54) is 18.2 Å². The number of nitrogens with one attached hydrogen (secondary N) is 1. The molecule has 0 radical (unpaired) electrons. The van der Waals surface area contributed by atoms with Crippen molar-refractivity contribution in [1.29, 1.82) is 0 Å². The molecule has 0 aliphatic carbocycles. The number of hydrogen-bond donors (Lipinski definition) is 1. The molecule has 0 saturated heterocycles. The molecule has 23 heavy (non-hydrogen) atoms. The molecule has 0 heterocycles. The lowest BCUT2D eigenvalue weighted by molar-refractivity contribution is -0.137. The minimum atomic E-state index is -4.41. The van der Waals surface area contributed by atoms with Crippen molar-refractivity contribution in [2.75, 3.05) is 5.75 Å². The molecule has 0 atom stereocenters. The van der Waals surface area contributed by atoms with Gasteiger partial charge in [-0.2, -0.15) is 13.2 Å². The van der Waals surface area contributed by atoms with E-state index in [0.29, 0.717) is 10.5 Å². The summed E-state index contributed by atoms with van der Waals surface area (Å²) in [7, 11) is 0. The Kier molecular flexibility index (Phi) is 5.65. The van der Waals surface area contributed by atoms with E-state index in [2.05, 4.69) is 5.32 Å². The number of halogens is 4. The zero-order valence-corrected chi connectivity index (χ0v) is 12.7. The molecule has 0 aromatic heterocycles. The fourth-order valence-electron chi connectivity index (χ4n) is 1.80.